The number of nitrogens with zero attached hydrogens (tertiary/aromatic N) is 3. The van der Waals surface area contributed by atoms with Crippen molar-refractivity contribution in [2.75, 3.05) is 17.2 Å². The number of carbonyl (C=O) groups excluding carboxylic acids is 2. The maximum atomic E-state index is 13.8. The molecule has 44 heavy (non-hydrogen) atoms. The quantitative estimate of drug-likeness (QED) is 0.177. The van der Waals surface area contributed by atoms with Crippen LogP contribution < -0.4 is 26.0 Å². The molecule has 2 aliphatic rings. The minimum atomic E-state index is -3.93. The summed E-state index contributed by atoms with van der Waals surface area (Å²) in [5.74, 6) is 0.406. The Balaban J connectivity index is 1.41. The number of fused-ring (bicyclic) bond motifs is 3. The molecule has 3 heterocycles. The number of urea groups is 2. The highest BCUT2D eigenvalue weighted by Gasteiger charge is 2.38. The van der Waals surface area contributed by atoms with Crippen LogP contribution in [0.1, 0.15) is 67.9 Å². The van der Waals surface area contributed by atoms with Gasteiger partial charge in [-0.1, -0.05) is 13.8 Å². The van der Waals surface area contributed by atoms with E-state index in [0.717, 1.165) is 18.5 Å². The number of hydrogen-bond acceptors (Lipinski definition) is 7. The fourth-order valence-electron chi connectivity index (χ4n) is 5.47. The number of carbonyl (C=O) groups is 2. The van der Waals surface area contributed by atoms with Crippen molar-refractivity contribution in [2.45, 2.75) is 56.0 Å². The van der Waals surface area contributed by atoms with E-state index in [-0.39, 0.29) is 17.4 Å². The summed E-state index contributed by atoms with van der Waals surface area (Å²) in [5, 5.41) is 12.7. The molecule has 1 fully saturated rings. The second kappa shape index (κ2) is 12.2. The first-order valence-electron chi connectivity index (χ1n) is 14.6. The van der Waals surface area contributed by atoms with Gasteiger partial charge >= 0.3 is 12.1 Å². The predicted molar refractivity (Wildman–Crippen MR) is 167 cm³/mol. The number of hydrogen-bond donors (Lipinski definition) is 5. The Morgan fingerprint density at radius 3 is 2.09 bits per heavy atom. The summed E-state index contributed by atoms with van der Waals surface area (Å²) in [6.45, 7) is 4.15. The molecule has 228 valence electrons. The van der Waals surface area contributed by atoms with E-state index in [1.54, 1.807) is 48.9 Å². The van der Waals surface area contributed by atoms with Gasteiger partial charge in [-0.2, -0.15) is 0 Å². The van der Waals surface area contributed by atoms with Crippen molar-refractivity contribution in [3.63, 3.8) is 0 Å². The molecule has 1 aromatic carbocycles. The third-order valence-electron chi connectivity index (χ3n) is 7.69. The van der Waals surface area contributed by atoms with Crippen molar-refractivity contribution < 1.29 is 18.0 Å². The Morgan fingerprint density at radius 1 is 0.886 bits per heavy atom. The Hall–Kier alpha value is -4.62. The van der Waals surface area contributed by atoms with Crippen LogP contribution in [0.3, 0.4) is 0 Å². The molecule has 0 bridgehead atoms. The van der Waals surface area contributed by atoms with Gasteiger partial charge in [0, 0.05) is 47.5 Å². The molecule has 0 saturated heterocycles. The molecule has 0 aliphatic heterocycles. The third-order valence-corrected chi connectivity index (χ3v) is 9.15. The first-order valence-corrected chi connectivity index (χ1v) is 16.1. The van der Waals surface area contributed by atoms with Crippen LogP contribution >= 0.6 is 0 Å². The monoisotopic (exact) mass is 614 g/mol. The van der Waals surface area contributed by atoms with Crippen molar-refractivity contribution in [3.05, 3.63) is 84.2 Å². The fraction of sp³-hybridized carbons (Fsp3) is 0.323. The summed E-state index contributed by atoms with van der Waals surface area (Å²) in [5.41, 5.74) is 3.18. The smallest absolute Gasteiger partial charge is 0.319 e. The molecule has 13 heteroatoms. The lowest BCUT2D eigenvalue weighted by molar-refractivity contribution is 0.245. The van der Waals surface area contributed by atoms with E-state index in [0.29, 0.717) is 45.6 Å². The molecule has 0 spiro atoms. The minimum Gasteiger partial charge on any atom is -0.331 e. The Kier molecular flexibility index (Phi) is 8.15. The zero-order valence-corrected chi connectivity index (χ0v) is 25.2. The van der Waals surface area contributed by atoms with E-state index in [4.69, 9.17) is 4.98 Å². The van der Waals surface area contributed by atoms with Crippen molar-refractivity contribution in [1.82, 2.24) is 30.3 Å². The van der Waals surface area contributed by atoms with E-state index in [1.165, 1.54) is 12.4 Å². The maximum Gasteiger partial charge on any atom is 0.319 e. The van der Waals surface area contributed by atoms with Crippen LogP contribution in [-0.4, -0.2) is 42.0 Å². The topological polar surface area (TPSA) is 167 Å². The highest BCUT2D eigenvalue weighted by molar-refractivity contribution is 7.89. The van der Waals surface area contributed by atoms with Gasteiger partial charge in [-0.3, -0.25) is 15.0 Å². The van der Waals surface area contributed by atoms with E-state index in [2.05, 4.69) is 36.0 Å². The average Bonchev–Trinajstić information content (AvgIpc) is 3.80. The molecule has 2 unspecified atom stereocenters. The van der Waals surface area contributed by atoms with Crippen molar-refractivity contribution in [3.8, 4) is 0 Å². The number of nitrogens with one attached hydrogen (secondary N) is 5. The molecular weight excluding hydrogens is 580 g/mol. The first kappa shape index (κ1) is 29.5. The fourth-order valence-corrected chi connectivity index (χ4v) is 6.92. The lowest BCUT2D eigenvalue weighted by Crippen LogP contribution is -2.34. The summed E-state index contributed by atoms with van der Waals surface area (Å²) in [6.07, 6.45) is 10.3. The van der Waals surface area contributed by atoms with Gasteiger partial charge in [-0.05, 0) is 72.7 Å². The molecule has 4 aromatic rings. The SMILES string of the molecule is CC(C)CNS(=O)(=O)c1cc2c(c3cnc(C4CC4)cc13)C(NC(=O)Nc1cccnc1)CC2NC(=O)Nc1cccnc1. The van der Waals surface area contributed by atoms with E-state index in [9.17, 15) is 18.0 Å². The minimum absolute atomic E-state index is 0.103. The Labute approximate surface area is 255 Å². The number of sulfonamides is 1. The van der Waals surface area contributed by atoms with Crippen LogP contribution in [0.25, 0.3) is 10.8 Å². The highest BCUT2D eigenvalue weighted by atomic mass is 32.2. The van der Waals surface area contributed by atoms with E-state index >= 15 is 0 Å². The third kappa shape index (κ3) is 6.48. The summed E-state index contributed by atoms with van der Waals surface area (Å²) in [4.78, 5) is 39.1. The van der Waals surface area contributed by atoms with E-state index < -0.39 is 34.2 Å². The summed E-state index contributed by atoms with van der Waals surface area (Å²) in [6, 6.07) is 8.24. The van der Waals surface area contributed by atoms with Gasteiger partial charge in [-0.25, -0.2) is 22.7 Å². The standard InChI is InChI=1S/C31H34N8O4S/c1-18(2)14-35-44(42,43)28-12-23-26(38-30(40)36-20-5-3-9-32-15-20)13-27(39-31(41)37-21-6-4-10-33-16-21)29(23)24-17-34-25(11-22(24)28)19-7-8-19/h3-6,9-12,15-19,26-27,35H,7-8,13-14H2,1-2H3,(H2,36,38,40)(H2,37,39,41). The molecular formula is C31H34N8O4S. The average molecular weight is 615 g/mol. The van der Waals surface area contributed by atoms with Crippen LogP contribution in [-0.2, 0) is 10.0 Å². The predicted octanol–water partition coefficient (Wildman–Crippen LogP) is 4.97. The highest BCUT2D eigenvalue weighted by Crippen LogP contribution is 2.46. The summed E-state index contributed by atoms with van der Waals surface area (Å²) in [7, 11) is -3.93. The lowest BCUT2D eigenvalue weighted by Gasteiger charge is -2.19. The number of anilines is 2. The number of rotatable bonds is 9. The molecule has 2 aliphatic carbocycles. The van der Waals surface area contributed by atoms with Gasteiger partial charge in [-0.15, -0.1) is 0 Å². The Morgan fingerprint density at radius 2 is 1.52 bits per heavy atom. The van der Waals surface area contributed by atoms with Crippen LogP contribution in [0.15, 0.2) is 72.3 Å². The van der Waals surface area contributed by atoms with Crippen LogP contribution in [0.5, 0.6) is 0 Å². The second-order valence-electron chi connectivity index (χ2n) is 11.6. The van der Waals surface area contributed by atoms with Crippen LogP contribution in [0.2, 0.25) is 0 Å². The molecule has 12 nitrogen and oxygen atoms in total. The van der Waals surface area contributed by atoms with Crippen molar-refractivity contribution in [1.29, 1.82) is 0 Å². The van der Waals surface area contributed by atoms with Crippen LogP contribution in [0.4, 0.5) is 21.0 Å². The maximum absolute atomic E-state index is 13.8. The van der Waals surface area contributed by atoms with Gasteiger partial charge < -0.3 is 21.3 Å². The summed E-state index contributed by atoms with van der Waals surface area (Å²) < 4.78 is 30.3. The number of aromatic nitrogens is 3. The zero-order valence-electron chi connectivity index (χ0n) is 24.4. The van der Waals surface area contributed by atoms with Gasteiger partial charge in [0.1, 0.15) is 0 Å². The number of benzene rings is 1. The Bertz CT molecular complexity index is 1800. The molecule has 3 aromatic heterocycles. The van der Waals surface area contributed by atoms with Crippen LogP contribution in [0, 0.1) is 5.92 Å². The molecule has 1 saturated carbocycles. The van der Waals surface area contributed by atoms with Crippen molar-refractivity contribution in [2.24, 2.45) is 5.92 Å². The number of amides is 4. The second-order valence-corrected chi connectivity index (χ2v) is 13.3. The van der Waals surface area contributed by atoms with Crippen molar-refractivity contribution >= 4 is 44.2 Å². The lowest BCUT2D eigenvalue weighted by atomic mass is 9.98. The summed E-state index contributed by atoms with van der Waals surface area (Å²) >= 11 is 0. The largest absolute Gasteiger partial charge is 0.331 e. The van der Waals surface area contributed by atoms with Gasteiger partial charge in [0.05, 0.1) is 40.7 Å². The zero-order chi connectivity index (χ0) is 30.8. The van der Waals surface area contributed by atoms with Gasteiger partial charge in [0.15, 0.2) is 0 Å². The number of pyridine rings is 3. The molecule has 6 rings (SSSR count). The van der Waals surface area contributed by atoms with Gasteiger partial charge in [0.2, 0.25) is 10.0 Å². The molecule has 2 atom stereocenters. The van der Waals surface area contributed by atoms with E-state index in [1.807, 2.05) is 19.9 Å². The normalized spacial score (nSPS) is 17.7. The molecule has 4 amide bonds. The van der Waals surface area contributed by atoms with Gasteiger partial charge in [0.25, 0.3) is 0 Å². The molecule has 5 N–H and O–H groups in total. The first-order chi connectivity index (χ1) is 21.2. The molecule has 0 radical (unpaired) electrons.